The Balaban J connectivity index is 1.95. The number of carbonyl (C=O) groups is 2. The van der Waals surface area contributed by atoms with Crippen molar-refractivity contribution >= 4 is 17.5 Å². The van der Waals surface area contributed by atoms with Crippen LogP contribution < -0.4 is 14.8 Å². The fourth-order valence-electron chi connectivity index (χ4n) is 3.64. The number of methoxy groups -OCH3 is 1. The zero-order chi connectivity index (χ0) is 23.3. The topological polar surface area (TPSA) is 80.3 Å². The summed E-state index contributed by atoms with van der Waals surface area (Å²) < 4.78 is 16.9. The van der Waals surface area contributed by atoms with Crippen LogP contribution in [-0.2, 0) is 9.53 Å². The minimum atomic E-state index is -0.658. The highest BCUT2D eigenvalue weighted by atomic mass is 16.5. The molecule has 0 unspecified atom stereocenters. The van der Waals surface area contributed by atoms with Crippen molar-refractivity contribution in [3.8, 4) is 11.5 Å². The number of hydrogen-bond donors (Lipinski definition) is 1. The Labute approximate surface area is 189 Å². The van der Waals surface area contributed by atoms with E-state index in [4.69, 9.17) is 14.2 Å². The van der Waals surface area contributed by atoms with E-state index in [9.17, 15) is 9.59 Å². The van der Waals surface area contributed by atoms with Crippen molar-refractivity contribution < 1.29 is 23.8 Å². The van der Waals surface area contributed by atoms with Gasteiger partial charge in [-0.3, -0.25) is 9.59 Å². The van der Waals surface area contributed by atoms with Crippen LogP contribution in [0.2, 0.25) is 0 Å². The second-order valence-electron chi connectivity index (χ2n) is 7.72. The molecule has 2 aromatic rings. The average molecular weight is 442 g/mol. The number of hydrogen-bond acceptors (Lipinski definition) is 6. The molecule has 3 rings (SSSR count). The summed E-state index contributed by atoms with van der Waals surface area (Å²) in [6.07, 6.45) is -1.06. The first-order valence-electron chi connectivity index (χ1n) is 10.7. The molecule has 0 saturated carbocycles. The molecule has 2 atom stereocenters. The molecule has 8 nitrogen and oxygen atoms in total. The molecule has 8 heteroatoms. The maximum absolute atomic E-state index is 13.2. The van der Waals surface area contributed by atoms with E-state index in [1.54, 1.807) is 39.1 Å². The highest BCUT2D eigenvalue weighted by Crippen LogP contribution is 2.37. The largest absolute Gasteiger partial charge is 0.490 e. The molecular weight excluding hydrogens is 410 g/mol. The van der Waals surface area contributed by atoms with E-state index >= 15 is 0 Å². The van der Waals surface area contributed by atoms with Crippen LogP contribution in [0.5, 0.6) is 11.5 Å². The van der Waals surface area contributed by atoms with Crippen LogP contribution in [0.4, 0.5) is 5.69 Å². The first kappa shape index (κ1) is 23.4. The van der Waals surface area contributed by atoms with Gasteiger partial charge < -0.3 is 29.3 Å². The molecule has 1 heterocycles. The van der Waals surface area contributed by atoms with Gasteiger partial charge >= 0.3 is 0 Å². The molecule has 2 amide bonds. The number of anilines is 1. The third kappa shape index (κ3) is 4.96. The molecule has 0 radical (unpaired) electrons. The molecule has 1 N–H and O–H groups in total. The van der Waals surface area contributed by atoms with Crippen LogP contribution in [0.25, 0.3) is 0 Å². The van der Waals surface area contributed by atoms with Gasteiger partial charge in [0.15, 0.2) is 17.6 Å². The van der Waals surface area contributed by atoms with Gasteiger partial charge in [-0.15, -0.1) is 0 Å². The number of carbonyl (C=O) groups excluding carboxylic acids is 2. The fourth-order valence-corrected chi connectivity index (χ4v) is 3.64. The number of likely N-dealkylation sites (N-methyl/N-ethyl adjacent to an activating group) is 1. The van der Waals surface area contributed by atoms with E-state index in [0.717, 1.165) is 11.3 Å². The Bertz CT molecular complexity index is 962. The molecule has 1 aliphatic rings. The Hall–Kier alpha value is -3.26. The molecule has 0 aliphatic carbocycles. The number of rotatable bonds is 9. The van der Waals surface area contributed by atoms with Crippen molar-refractivity contribution in [1.82, 2.24) is 9.80 Å². The number of ether oxygens (including phenoxy) is 3. The number of nitrogens with zero attached hydrogens (tertiary/aromatic N) is 2. The van der Waals surface area contributed by atoms with Crippen molar-refractivity contribution in [2.24, 2.45) is 0 Å². The summed E-state index contributed by atoms with van der Waals surface area (Å²) in [6, 6.07) is 13.0. The van der Waals surface area contributed by atoms with E-state index in [1.165, 1.54) is 4.90 Å². The van der Waals surface area contributed by atoms with Gasteiger partial charge in [-0.1, -0.05) is 18.2 Å². The predicted octanol–water partition coefficient (Wildman–Crippen LogP) is 3.15. The summed E-state index contributed by atoms with van der Waals surface area (Å²) in [5, 5.41) is 3.46. The van der Waals surface area contributed by atoms with Crippen LogP contribution in [-0.4, -0.2) is 68.7 Å². The molecule has 0 spiro atoms. The van der Waals surface area contributed by atoms with Gasteiger partial charge in [-0.25, -0.2) is 0 Å². The number of amides is 2. The third-order valence-corrected chi connectivity index (χ3v) is 5.23. The quantitative estimate of drug-likeness (QED) is 0.644. The fraction of sp³-hybridized carbons (Fsp3) is 0.417. The van der Waals surface area contributed by atoms with Gasteiger partial charge in [0, 0.05) is 33.4 Å². The normalized spacial score (nSPS) is 16.1. The molecule has 0 bridgehead atoms. The van der Waals surface area contributed by atoms with Crippen LogP contribution >= 0.6 is 0 Å². The second-order valence-corrected chi connectivity index (χ2v) is 7.72. The predicted molar refractivity (Wildman–Crippen MR) is 122 cm³/mol. The second kappa shape index (κ2) is 10.4. The molecule has 32 heavy (non-hydrogen) atoms. The number of nitrogens with one attached hydrogen (secondary N) is 1. The number of fused-ring (bicyclic) bond motifs is 1. The summed E-state index contributed by atoms with van der Waals surface area (Å²) in [5.41, 5.74) is 2.24. The summed E-state index contributed by atoms with van der Waals surface area (Å²) in [4.78, 5) is 28.7. The third-order valence-electron chi connectivity index (χ3n) is 5.23. The maximum atomic E-state index is 13.2. The molecule has 1 aliphatic heterocycles. The van der Waals surface area contributed by atoms with Crippen molar-refractivity contribution in [3.05, 3.63) is 53.6 Å². The van der Waals surface area contributed by atoms with E-state index in [0.29, 0.717) is 36.8 Å². The Morgan fingerprint density at radius 1 is 1.19 bits per heavy atom. The van der Waals surface area contributed by atoms with Gasteiger partial charge in [-0.2, -0.15) is 0 Å². The zero-order valence-corrected chi connectivity index (χ0v) is 19.3. The van der Waals surface area contributed by atoms with Crippen molar-refractivity contribution in [1.29, 1.82) is 0 Å². The lowest BCUT2D eigenvalue weighted by atomic mass is 10.0. The van der Waals surface area contributed by atoms with E-state index in [1.807, 2.05) is 43.3 Å². The van der Waals surface area contributed by atoms with Gasteiger partial charge in [0.05, 0.1) is 18.8 Å². The monoisotopic (exact) mass is 441 g/mol. The summed E-state index contributed by atoms with van der Waals surface area (Å²) in [7, 11) is 4.99. The molecule has 2 aromatic carbocycles. The van der Waals surface area contributed by atoms with Crippen LogP contribution in [0.1, 0.15) is 35.9 Å². The molecule has 172 valence electrons. The van der Waals surface area contributed by atoms with E-state index in [2.05, 4.69) is 5.32 Å². The van der Waals surface area contributed by atoms with Crippen LogP contribution in [0, 0.1) is 0 Å². The minimum Gasteiger partial charge on any atom is -0.490 e. The maximum Gasteiger partial charge on any atom is 0.262 e. The van der Waals surface area contributed by atoms with Crippen molar-refractivity contribution in [2.45, 2.75) is 26.1 Å². The molecular formula is C24H31N3O5. The Kier molecular flexibility index (Phi) is 7.58. The van der Waals surface area contributed by atoms with Gasteiger partial charge in [-0.05, 0) is 43.7 Å². The first-order chi connectivity index (χ1) is 15.4. The van der Waals surface area contributed by atoms with E-state index < -0.39 is 12.3 Å². The van der Waals surface area contributed by atoms with Crippen LogP contribution in [0.3, 0.4) is 0 Å². The lowest BCUT2D eigenvalue weighted by molar-refractivity contribution is -0.135. The summed E-state index contributed by atoms with van der Waals surface area (Å²) in [6.45, 7) is 4.86. The summed E-state index contributed by atoms with van der Waals surface area (Å²) >= 11 is 0. The smallest absolute Gasteiger partial charge is 0.262 e. The summed E-state index contributed by atoms with van der Waals surface area (Å²) in [5.74, 6) is 0.788. The number of benzene rings is 2. The molecule has 0 fully saturated rings. The minimum absolute atomic E-state index is 0.0649. The number of para-hydroxylation sites is 1. The highest BCUT2D eigenvalue weighted by molar-refractivity contribution is 6.01. The first-order valence-corrected chi connectivity index (χ1v) is 10.7. The Morgan fingerprint density at radius 2 is 1.94 bits per heavy atom. The van der Waals surface area contributed by atoms with E-state index in [-0.39, 0.29) is 11.8 Å². The lowest BCUT2D eigenvalue weighted by Crippen LogP contribution is -2.44. The standard InChI is InChI=1S/C24H31N3O5/c1-6-31-21-15-17(11-12-20(21)32-16(2)23(28)26(3)4)22-25-19-10-8-7-9-18(19)24(29)27(22)13-14-30-5/h7-12,15-16,22,25H,6,13-14H2,1-5H3/t16-,22+/m1/s1. The van der Waals surface area contributed by atoms with Crippen molar-refractivity contribution in [2.75, 3.05) is 46.3 Å². The van der Waals surface area contributed by atoms with Gasteiger partial charge in [0.2, 0.25) is 0 Å². The Morgan fingerprint density at radius 3 is 2.62 bits per heavy atom. The molecule has 0 saturated heterocycles. The zero-order valence-electron chi connectivity index (χ0n) is 19.3. The SMILES string of the molecule is CCOc1cc([C@H]2Nc3ccccc3C(=O)N2CCOC)ccc1O[C@H](C)C(=O)N(C)C. The van der Waals surface area contributed by atoms with Gasteiger partial charge in [0.25, 0.3) is 11.8 Å². The van der Waals surface area contributed by atoms with Crippen LogP contribution in [0.15, 0.2) is 42.5 Å². The van der Waals surface area contributed by atoms with Crippen molar-refractivity contribution in [3.63, 3.8) is 0 Å². The lowest BCUT2D eigenvalue weighted by Gasteiger charge is -2.38. The highest BCUT2D eigenvalue weighted by Gasteiger charge is 2.33. The molecule has 0 aromatic heterocycles. The van der Waals surface area contributed by atoms with Gasteiger partial charge in [0.1, 0.15) is 6.17 Å². The average Bonchev–Trinajstić information content (AvgIpc) is 2.79.